The minimum atomic E-state index is -0.196. The van der Waals surface area contributed by atoms with Crippen molar-refractivity contribution in [2.24, 2.45) is 5.92 Å². The van der Waals surface area contributed by atoms with Crippen molar-refractivity contribution in [3.63, 3.8) is 0 Å². The highest BCUT2D eigenvalue weighted by Gasteiger charge is 2.12. The van der Waals surface area contributed by atoms with E-state index < -0.39 is 0 Å². The van der Waals surface area contributed by atoms with E-state index in [2.05, 4.69) is 19.2 Å². The predicted octanol–water partition coefficient (Wildman–Crippen LogP) is 5.08. The van der Waals surface area contributed by atoms with E-state index in [9.17, 15) is 4.79 Å². The summed E-state index contributed by atoms with van der Waals surface area (Å²) in [5, 5.41) is 3.48. The summed E-state index contributed by atoms with van der Waals surface area (Å²) in [4.78, 5) is 12.6. The number of nitrogens with one attached hydrogen (secondary N) is 1. The van der Waals surface area contributed by atoms with Crippen LogP contribution in [0, 0.1) is 12.8 Å². The number of halogens is 1. The molecule has 0 radical (unpaired) electrons. The second kappa shape index (κ2) is 8.88. The number of hydrogen-bond donors (Lipinski definition) is 1. The van der Waals surface area contributed by atoms with Crippen molar-refractivity contribution in [1.29, 1.82) is 0 Å². The summed E-state index contributed by atoms with van der Waals surface area (Å²) in [6, 6.07) is 10.7. The second-order valence-electron chi connectivity index (χ2n) is 6.35. The normalized spacial score (nSPS) is 10.8. The first-order valence-corrected chi connectivity index (χ1v) is 8.60. The lowest BCUT2D eigenvalue weighted by molar-refractivity contribution is 0.0952. The Hall–Kier alpha value is -2.04. The van der Waals surface area contributed by atoms with E-state index in [1.54, 1.807) is 37.4 Å². The van der Waals surface area contributed by atoms with Gasteiger partial charge < -0.3 is 14.8 Å². The first kappa shape index (κ1) is 19.3. The van der Waals surface area contributed by atoms with Gasteiger partial charge in [-0.1, -0.05) is 31.5 Å². The summed E-state index contributed by atoms with van der Waals surface area (Å²) in [5.74, 6) is 0.959. The van der Waals surface area contributed by atoms with Crippen LogP contribution in [0.1, 0.15) is 35.3 Å². The second-order valence-corrected chi connectivity index (χ2v) is 6.79. The highest BCUT2D eigenvalue weighted by atomic mass is 35.5. The van der Waals surface area contributed by atoms with Crippen LogP contribution < -0.4 is 10.1 Å². The molecule has 1 amide bonds. The van der Waals surface area contributed by atoms with Gasteiger partial charge in [-0.2, -0.15) is 0 Å². The van der Waals surface area contributed by atoms with Gasteiger partial charge in [-0.05, 0) is 48.7 Å². The lowest BCUT2D eigenvalue weighted by Gasteiger charge is -2.13. The molecule has 0 unspecified atom stereocenters. The van der Waals surface area contributed by atoms with Gasteiger partial charge in [-0.3, -0.25) is 4.79 Å². The molecule has 0 aliphatic heterocycles. The molecule has 2 rings (SSSR count). The Bertz CT molecular complexity index is 744. The number of carbonyl (C=O) groups excluding carboxylic acids is 1. The van der Waals surface area contributed by atoms with Gasteiger partial charge in [0.25, 0.3) is 5.91 Å². The summed E-state index contributed by atoms with van der Waals surface area (Å²) in [5.41, 5.74) is 3.04. The molecule has 0 saturated carbocycles. The van der Waals surface area contributed by atoms with Crippen LogP contribution in [0.2, 0.25) is 5.02 Å². The van der Waals surface area contributed by atoms with Crippen LogP contribution in [0.3, 0.4) is 0 Å². The number of amides is 1. The number of benzene rings is 2. The smallest absolute Gasteiger partial charge is 0.255 e. The first-order chi connectivity index (χ1) is 11.9. The van der Waals surface area contributed by atoms with Crippen LogP contribution in [0.15, 0.2) is 36.4 Å². The molecular formula is C20H24ClNO3. The SMILES string of the molecule is COc1ccc(C(=O)Nc2cc(Cl)ccc2C)cc1COCC(C)C. The largest absolute Gasteiger partial charge is 0.496 e. The summed E-state index contributed by atoms with van der Waals surface area (Å²) < 4.78 is 11.0. The number of ether oxygens (including phenoxy) is 2. The molecule has 0 spiro atoms. The molecule has 0 aliphatic carbocycles. The van der Waals surface area contributed by atoms with Gasteiger partial charge in [0.2, 0.25) is 0 Å². The van der Waals surface area contributed by atoms with E-state index in [-0.39, 0.29) is 5.91 Å². The Morgan fingerprint density at radius 1 is 1.20 bits per heavy atom. The fourth-order valence-electron chi connectivity index (χ4n) is 2.36. The number of rotatable bonds is 7. The average Bonchev–Trinajstić information content (AvgIpc) is 2.57. The maximum absolute atomic E-state index is 12.6. The summed E-state index contributed by atoms with van der Waals surface area (Å²) in [7, 11) is 1.61. The van der Waals surface area contributed by atoms with Gasteiger partial charge in [-0.15, -0.1) is 0 Å². The highest BCUT2D eigenvalue weighted by Crippen LogP contribution is 2.24. The van der Waals surface area contributed by atoms with E-state index >= 15 is 0 Å². The van der Waals surface area contributed by atoms with Crippen molar-refractivity contribution in [2.45, 2.75) is 27.4 Å². The number of aryl methyl sites for hydroxylation is 1. The monoisotopic (exact) mass is 361 g/mol. The lowest BCUT2D eigenvalue weighted by Crippen LogP contribution is -2.13. The number of methoxy groups -OCH3 is 1. The molecule has 1 N–H and O–H groups in total. The van der Waals surface area contributed by atoms with Crippen molar-refractivity contribution in [3.05, 3.63) is 58.1 Å². The summed E-state index contributed by atoms with van der Waals surface area (Å²) in [6.07, 6.45) is 0. The molecule has 0 heterocycles. The van der Waals surface area contributed by atoms with Crippen LogP contribution in [0.4, 0.5) is 5.69 Å². The van der Waals surface area contributed by atoms with E-state index in [0.29, 0.717) is 41.2 Å². The summed E-state index contributed by atoms with van der Waals surface area (Å²) in [6.45, 7) is 7.16. The third-order valence-electron chi connectivity index (χ3n) is 3.70. The van der Waals surface area contributed by atoms with E-state index in [1.807, 2.05) is 13.0 Å². The van der Waals surface area contributed by atoms with Crippen molar-refractivity contribution in [2.75, 3.05) is 19.0 Å². The third-order valence-corrected chi connectivity index (χ3v) is 3.93. The maximum Gasteiger partial charge on any atom is 0.255 e. The van der Waals surface area contributed by atoms with Gasteiger partial charge in [0.1, 0.15) is 5.75 Å². The Kier molecular flexibility index (Phi) is 6.85. The van der Waals surface area contributed by atoms with Crippen LogP contribution in [-0.4, -0.2) is 19.6 Å². The van der Waals surface area contributed by atoms with Gasteiger partial charge in [0, 0.05) is 28.4 Å². The van der Waals surface area contributed by atoms with Gasteiger partial charge in [0.15, 0.2) is 0 Å². The molecule has 0 aliphatic rings. The number of anilines is 1. The van der Waals surface area contributed by atoms with E-state index in [1.165, 1.54) is 0 Å². The van der Waals surface area contributed by atoms with Crippen LogP contribution >= 0.6 is 11.6 Å². The molecule has 134 valence electrons. The van der Waals surface area contributed by atoms with Gasteiger partial charge >= 0.3 is 0 Å². The van der Waals surface area contributed by atoms with Crippen molar-refractivity contribution in [1.82, 2.24) is 0 Å². The molecule has 5 heteroatoms. The van der Waals surface area contributed by atoms with Crippen LogP contribution in [-0.2, 0) is 11.3 Å². The number of hydrogen-bond acceptors (Lipinski definition) is 3. The minimum Gasteiger partial charge on any atom is -0.496 e. The Labute approximate surface area is 154 Å². The lowest BCUT2D eigenvalue weighted by atomic mass is 10.1. The fraction of sp³-hybridized carbons (Fsp3) is 0.350. The predicted molar refractivity (Wildman–Crippen MR) is 102 cm³/mol. The Morgan fingerprint density at radius 2 is 1.96 bits per heavy atom. The van der Waals surface area contributed by atoms with Crippen molar-refractivity contribution in [3.8, 4) is 5.75 Å². The molecule has 0 saturated heterocycles. The molecular weight excluding hydrogens is 338 g/mol. The molecule has 0 fully saturated rings. The number of carbonyl (C=O) groups is 1. The molecule has 0 aromatic heterocycles. The van der Waals surface area contributed by atoms with E-state index in [0.717, 1.165) is 11.1 Å². The standard InChI is InChI=1S/C20H24ClNO3/c1-13(2)11-25-12-16-9-15(6-8-19(16)24-4)20(23)22-18-10-17(21)7-5-14(18)3/h5-10,13H,11-12H2,1-4H3,(H,22,23). The van der Waals surface area contributed by atoms with Gasteiger partial charge in [-0.25, -0.2) is 0 Å². The molecule has 4 nitrogen and oxygen atoms in total. The topological polar surface area (TPSA) is 47.6 Å². The zero-order chi connectivity index (χ0) is 18.4. The Balaban J connectivity index is 2.17. The summed E-state index contributed by atoms with van der Waals surface area (Å²) >= 11 is 6.01. The molecule has 25 heavy (non-hydrogen) atoms. The molecule has 2 aromatic rings. The molecule has 0 bridgehead atoms. The minimum absolute atomic E-state index is 0.196. The zero-order valence-corrected chi connectivity index (χ0v) is 15.8. The van der Waals surface area contributed by atoms with Crippen LogP contribution in [0.5, 0.6) is 5.75 Å². The van der Waals surface area contributed by atoms with Crippen LogP contribution in [0.25, 0.3) is 0 Å². The Morgan fingerprint density at radius 3 is 2.64 bits per heavy atom. The molecule has 2 aromatic carbocycles. The third kappa shape index (κ3) is 5.48. The van der Waals surface area contributed by atoms with E-state index in [4.69, 9.17) is 21.1 Å². The zero-order valence-electron chi connectivity index (χ0n) is 15.1. The highest BCUT2D eigenvalue weighted by molar-refractivity contribution is 6.31. The quantitative estimate of drug-likeness (QED) is 0.747. The fourth-order valence-corrected chi connectivity index (χ4v) is 2.53. The first-order valence-electron chi connectivity index (χ1n) is 8.23. The maximum atomic E-state index is 12.6. The average molecular weight is 362 g/mol. The molecule has 0 atom stereocenters. The van der Waals surface area contributed by atoms with Crippen molar-refractivity contribution >= 4 is 23.2 Å². The van der Waals surface area contributed by atoms with Gasteiger partial charge in [0.05, 0.1) is 13.7 Å². The van der Waals surface area contributed by atoms with Crippen molar-refractivity contribution < 1.29 is 14.3 Å².